The third kappa shape index (κ3) is 3.09. The Bertz CT molecular complexity index is 553. The minimum Gasteiger partial charge on any atom is -0.373 e. The van der Waals surface area contributed by atoms with Crippen molar-refractivity contribution in [3.8, 4) is 11.1 Å². The second kappa shape index (κ2) is 5.78. The molecule has 0 spiro atoms. The molecule has 1 saturated carbocycles. The van der Waals surface area contributed by atoms with Gasteiger partial charge in [-0.2, -0.15) is 0 Å². The monoisotopic (exact) mass is 267 g/mol. The SMILES string of the molecule is Cc1ccc(-c2ccc(COC3CC(N)C3)cc2)cc1. The second-order valence-electron chi connectivity index (χ2n) is 5.73. The van der Waals surface area contributed by atoms with Gasteiger partial charge in [-0.1, -0.05) is 54.1 Å². The van der Waals surface area contributed by atoms with Crippen LogP contribution >= 0.6 is 0 Å². The lowest BCUT2D eigenvalue weighted by molar-refractivity contribution is -0.0188. The van der Waals surface area contributed by atoms with Crippen molar-refractivity contribution in [1.82, 2.24) is 0 Å². The highest BCUT2D eigenvalue weighted by Crippen LogP contribution is 2.24. The number of benzene rings is 2. The van der Waals surface area contributed by atoms with E-state index in [4.69, 9.17) is 10.5 Å². The number of rotatable bonds is 4. The summed E-state index contributed by atoms with van der Waals surface area (Å²) in [6.45, 7) is 2.79. The standard InChI is InChI=1S/C18H21NO/c1-13-2-6-15(7-3-13)16-8-4-14(5-9-16)12-20-18-10-17(19)11-18/h2-9,17-18H,10-12,19H2,1H3. The first-order chi connectivity index (χ1) is 9.70. The molecule has 0 radical (unpaired) electrons. The molecule has 0 saturated heterocycles. The van der Waals surface area contributed by atoms with Crippen LogP contribution in [0.3, 0.4) is 0 Å². The van der Waals surface area contributed by atoms with E-state index in [1.54, 1.807) is 0 Å². The van der Waals surface area contributed by atoms with Crippen molar-refractivity contribution in [3.05, 3.63) is 59.7 Å². The molecule has 0 aliphatic heterocycles. The molecule has 2 aromatic carbocycles. The average molecular weight is 267 g/mol. The molecule has 1 aliphatic carbocycles. The van der Waals surface area contributed by atoms with Crippen LogP contribution in [0, 0.1) is 6.92 Å². The van der Waals surface area contributed by atoms with Gasteiger partial charge in [-0.05, 0) is 36.5 Å². The van der Waals surface area contributed by atoms with E-state index < -0.39 is 0 Å². The van der Waals surface area contributed by atoms with E-state index in [-0.39, 0.29) is 0 Å². The fraction of sp³-hybridized carbons (Fsp3) is 0.333. The number of hydrogen-bond donors (Lipinski definition) is 1. The van der Waals surface area contributed by atoms with Crippen molar-refractivity contribution in [3.63, 3.8) is 0 Å². The van der Waals surface area contributed by atoms with E-state index in [1.165, 1.54) is 22.3 Å². The summed E-state index contributed by atoms with van der Waals surface area (Å²) in [5, 5.41) is 0. The van der Waals surface area contributed by atoms with Gasteiger partial charge in [-0.3, -0.25) is 0 Å². The molecule has 3 rings (SSSR count). The second-order valence-corrected chi connectivity index (χ2v) is 5.73. The van der Waals surface area contributed by atoms with Crippen LogP contribution in [0.4, 0.5) is 0 Å². The van der Waals surface area contributed by atoms with Crippen molar-refractivity contribution in [2.24, 2.45) is 5.73 Å². The van der Waals surface area contributed by atoms with Gasteiger partial charge in [0.1, 0.15) is 0 Å². The van der Waals surface area contributed by atoms with E-state index in [1.807, 2.05) is 0 Å². The largest absolute Gasteiger partial charge is 0.373 e. The predicted octanol–water partition coefficient (Wildman–Crippen LogP) is 3.67. The first-order valence-corrected chi connectivity index (χ1v) is 7.24. The minimum atomic E-state index is 0.351. The van der Waals surface area contributed by atoms with Gasteiger partial charge in [-0.15, -0.1) is 0 Å². The molecule has 1 fully saturated rings. The zero-order chi connectivity index (χ0) is 13.9. The van der Waals surface area contributed by atoms with Crippen LogP contribution in [0.1, 0.15) is 24.0 Å². The Hall–Kier alpha value is -1.64. The van der Waals surface area contributed by atoms with Crippen LogP contribution in [-0.4, -0.2) is 12.1 Å². The average Bonchev–Trinajstić information content (AvgIpc) is 2.44. The lowest BCUT2D eigenvalue weighted by atomic mass is 9.90. The molecule has 1 aliphatic rings. The molecular formula is C18H21NO. The van der Waals surface area contributed by atoms with Gasteiger partial charge in [0.15, 0.2) is 0 Å². The quantitative estimate of drug-likeness (QED) is 0.917. The Labute approximate surface area is 120 Å². The van der Waals surface area contributed by atoms with E-state index >= 15 is 0 Å². The summed E-state index contributed by atoms with van der Waals surface area (Å²) in [7, 11) is 0. The van der Waals surface area contributed by atoms with Crippen molar-refractivity contribution >= 4 is 0 Å². The summed E-state index contributed by atoms with van der Waals surface area (Å²) in [5.74, 6) is 0. The fourth-order valence-corrected chi connectivity index (χ4v) is 2.50. The fourth-order valence-electron chi connectivity index (χ4n) is 2.50. The van der Waals surface area contributed by atoms with Crippen LogP contribution in [0.15, 0.2) is 48.5 Å². The minimum absolute atomic E-state index is 0.351. The Morgan fingerprint density at radius 3 is 2.05 bits per heavy atom. The topological polar surface area (TPSA) is 35.2 Å². The predicted molar refractivity (Wildman–Crippen MR) is 82.4 cm³/mol. The lowest BCUT2D eigenvalue weighted by Gasteiger charge is -2.32. The number of hydrogen-bond acceptors (Lipinski definition) is 2. The van der Waals surface area contributed by atoms with Crippen molar-refractivity contribution in [2.45, 2.75) is 38.5 Å². The molecule has 2 heteroatoms. The number of aryl methyl sites for hydroxylation is 1. The molecule has 104 valence electrons. The third-order valence-corrected chi connectivity index (χ3v) is 3.96. The Morgan fingerprint density at radius 1 is 0.950 bits per heavy atom. The van der Waals surface area contributed by atoms with Gasteiger partial charge < -0.3 is 10.5 Å². The van der Waals surface area contributed by atoms with E-state index in [0.29, 0.717) is 18.8 Å². The Balaban J connectivity index is 1.61. The zero-order valence-corrected chi connectivity index (χ0v) is 11.9. The molecule has 2 nitrogen and oxygen atoms in total. The number of ether oxygens (including phenoxy) is 1. The Kier molecular flexibility index (Phi) is 3.86. The maximum atomic E-state index is 5.82. The third-order valence-electron chi connectivity index (χ3n) is 3.96. The van der Waals surface area contributed by atoms with Crippen molar-refractivity contribution in [2.75, 3.05) is 0 Å². The molecule has 0 amide bonds. The highest BCUT2D eigenvalue weighted by molar-refractivity contribution is 5.63. The van der Waals surface area contributed by atoms with E-state index in [2.05, 4.69) is 55.5 Å². The normalized spacial score (nSPS) is 21.5. The lowest BCUT2D eigenvalue weighted by Crippen LogP contribution is -2.41. The van der Waals surface area contributed by atoms with Crippen LogP contribution in [-0.2, 0) is 11.3 Å². The summed E-state index contributed by atoms with van der Waals surface area (Å²) in [4.78, 5) is 0. The maximum Gasteiger partial charge on any atom is 0.0720 e. The molecule has 20 heavy (non-hydrogen) atoms. The molecule has 0 atom stereocenters. The van der Waals surface area contributed by atoms with Gasteiger partial charge in [0.2, 0.25) is 0 Å². The van der Waals surface area contributed by atoms with Crippen LogP contribution in [0.25, 0.3) is 11.1 Å². The van der Waals surface area contributed by atoms with Gasteiger partial charge >= 0.3 is 0 Å². The smallest absolute Gasteiger partial charge is 0.0720 e. The van der Waals surface area contributed by atoms with E-state index in [0.717, 1.165) is 12.8 Å². The van der Waals surface area contributed by atoms with Gasteiger partial charge in [0.25, 0.3) is 0 Å². The summed E-state index contributed by atoms with van der Waals surface area (Å²) in [6, 6.07) is 17.6. The summed E-state index contributed by atoms with van der Waals surface area (Å²) in [6.07, 6.45) is 2.37. The number of nitrogens with two attached hydrogens (primary N) is 1. The molecule has 2 N–H and O–H groups in total. The molecular weight excluding hydrogens is 246 g/mol. The summed E-state index contributed by atoms with van der Waals surface area (Å²) in [5.41, 5.74) is 10.8. The Morgan fingerprint density at radius 2 is 1.50 bits per heavy atom. The summed E-state index contributed by atoms with van der Waals surface area (Å²) >= 11 is 0. The zero-order valence-electron chi connectivity index (χ0n) is 11.9. The molecule has 0 heterocycles. The van der Waals surface area contributed by atoms with Crippen LogP contribution in [0.2, 0.25) is 0 Å². The summed E-state index contributed by atoms with van der Waals surface area (Å²) < 4.78 is 5.82. The van der Waals surface area contributed by atoms with Gasteiger partial charge in [-0.25, -0.2) is 0 Å². The van der Waals surface area contributed by atoms with E-state index in [9.17, 15) is 0 Å². The van der Waals surface area contributed by atoms with Crippen molar-refractivity contribution in [1.29, 1.82) is 0 Å². The first-order valence-electron chi connectivity index (χ1n) is 7.24. The molecule has 0 bridgehead atoms. The van der Waals surface area contributed by atoms with Gasteiger partial charge in [0, 0.05) is 6.04 Å². The highest BCUT2D eigenvalue weighted by Gasteiger charge is 2.26. The maximum absolute atomic E-state index is 5.82. The van der Waals surface area contributed by atoms with Crippen molar-refractivity contribution < 1.29 is 4.74 Å². The molecule has 0 unspecified atom stereocenters. The molecule has 2 aromatic rings. The van der Waals surface area contributed by atoms with Crippen LogP contribution in [0.5, 0.6) is 0 Å². The van der Waals surface area contributed by atoms with Crippen LogP contribution < -0.4 is 5.73 Å². The van der Waals surface area contributed by atoms with Gasteiger partial charge in [0.05, 0.1) is 12.7 Å². The first kappa shape index (κ1) is 13.3. The molecule has 0 aromatic heterocycles. The highest BCUT2D eigenvalue weighted by atomic mass is 16.5.